The predicted molar refractivity (Wildman–Crippen MR) is 90.4 cm³/mol. The first kappa shape index (κ1) is 15.8. The SMILES string of the molecule is Cc1oc(-c2ccccc2)nc1CN1CCCC[C@@H]1C1OCCO1. The lowest BCUT2D eigenvalue weighted by Crippen LogP contribution is -2.46. The summed E-state index contributed by atoms with van der Waals surface area (Å²) in [6.07, 6.45) is 3.47. The fraction of sp³-hybridized carbons (Fsp3) is 0.526. The molecule has 1 aromatic heterocycles. The molecule has 0 N–H and O–H groups in total. The Balaban J connectivity index is 1.52. The molecule has 0 radical (unpaired) electrons. The summed E-state index contributed by atoms with van der Waals surface area (Å²) in [5.74, 6) is 1.59. The molecule has 0 bridgehead atoms. The number of oxazole rings is 1. The van der Waals surface area contributed by atoms with Crippen LogP contribution in [-0.4, -0.2) is 42.0 Å². The molecule has 0 amide bonds. The van der Waals surface area contributed by atoms with Crippen molar-refractivity contribution in [2.24, 2.45) is 0 Å². The van der Waals surface area contributed by atoms with Gasteiger partial charge in [-0.2, -0.15) is 0 Å². The van der Waals surface area contributed by atoms with Crippen LogP contribution in [0.4, 0.5) is 0 Å². The van der Waals surface area contributed by atoms with Gasteiger partial charge in [-0.25, -0.2) is 4.98 Å². The summed E-state index contributed by atoms with van der Waals surface area (Å²) in [5.41, 5.74) is 2.03. The molecule has 1 aromatic carbocycles. The van der Waals surface area contributed by atoms with Gasteiger partial charge in [-0.3, -0.25) is 4.90 Å². The summed E-state index contributed by atoms with van der Waals surface area (Å²) >= 11 is 0. The molecule has 1 atom stereocenters. The van der Waals surface area contributed by atoms with Crippen molar-refractivity contribution in [1.82, 2.24) is 9.88 Å². The Morgan fingerprint density at radius 1 is 1.12 bits per heavy atom. The fourth-order valence-corrected chi connectivity index (χ4v) is 3.59. The predicted octanol–water partition coefficient (Wildman–Crippen LogP) is 3.38. The largest absolute Gasteiger partial charge is 0.441 e. The molecule has 0 spiro atoms. The van der Waals surface area contributed by atoms with Gasteiger partial charge in [0.2, 0.25) is 5.89 Å². The summed E-state index contributed by atoms with van der Waals surface area (Å²) in [6, 6.07) is 10.4. The van der Waals surface area contributed by atoms with E-state index in [0.29, 0.717) is 25.1 Å². The van der Waals surface area contributed by atoms with Crippen molar-refractivity contribution in [2.75, 3.05) is 19.8 Å². The molecule has 0 aliphatic carbocycles. The van der Waals surface area contributed by atoms with E-state index in [1.54, 1.807) is 0 Å². The maximum Gasteiger partial charge on any atom is 0.226 e. The molecule has 2 aliphatic rings. The van der Waals surface area contributed by atoms with Gasteiger partial charge >= 0.3 is 0 Å². The maximum atomic E-state index is 5.90. The number of likely N-dealkylation sites (tertiary alicyclic amines) is 1. The van der Waals surface area contributed by atoms with Crippen LogP contribution in [0.2, 0.25) is 0 Å². The van der Waals surface area contributed by atoms with E-state index in [1.807, 2.05) is 37.3 Å². The molecule has 2 aromatic rings. The number of hydrogen-bond donors (Lipinski definition) is 0. The van der Waals surface area contributed by atoms with Crippen molar-refractivity contribution < 1.29 is 13.9 Å². The third-order valence-corrected chi connectivity index (χ3v) is 4.89. The summed E-state index contributed by atoms with van der Waals surface area (Å²) in [5, 5.41) is 0. The van der Waals surface area contributed by atoms with Crippen LogP contribution in [0.15, 0.2) is 34.7 Å². The fourth-order valence-electron chi connectivity index (χ4n) is 3.59. The summed E-state index contributed by atoms with van der Waals surface area (Å²) in [4.78, 5) is 7.19. The Kier molecular flexibility index (Phi) is 4.65. The number of rotatable bonds is 4. The highest BCUT2D eigenvalue weighted by molar-refractivity contribution is 5.53. The Labute approximate surface area is 142 Å². The van der Waals surface area contributed by atoms with Gasteiger partial charge in [0, 0.05) is 12.1 Å². The first-order valence-corrected chi connectivity index (χ1v) is 8.80. The number of nitrogens with zero attached hydrogens (tertiary/aromatic N) is 2. The molecule has 4 rings (SSSR count). The van der Waals surface area contributed by atoms with Crippen LogP contribution >= 0.6 is 0 Å². The number of piperidine rings is 1. The maximum absolute atomic E-state index is 5.90. The molecular weight excluding hydrogens is 304 g/mol. The van der Waals surface area contributed by atoms with E-state index in [2.05, 4.69) is 4.90 Å². The molecule has 24 heavy (non-hydrogen) atoms. The van der Waals surface area contributed by atoms with Crippen molar-refractivity contribution in [3.8, 4) is 11.5 Å². The molecule has 128 valence electrons. The minimum Gasteiger partial charge on any atom is -0.441 e. The monoisotopic (exact) mass is 328 g/mol. The van der Waals surface area contributed by atoms with Gasteiger partial charge in [-0.15, -0.1) is 0 Å². The Hall–Kier alpha value is -1.69. The normalized spacial score (nSPS) is 23.0. The number of ether oxygens (including phenoxy) is 2. The topological polar surface area (TPSA) is 47.7 Å². The lowest BCUT2D eigenvalue weighted by atomic mass is 10.0. The van der Waals surface area contributed by atoms with E-state index in [0.717, 1.165) is 36.5 Å². The van der Waals surface area contributed by atoms with E-state index >= 15 is 0 Å². The van der Waals surface area contributed by atoms with Crippen LogP contribution in [-0.2, 0) is 16.0 Å². The standard InChI is InChI=1S/C19H24N2O3/c1-14-16(20-18(24-14)15-7-3-2-4-8-15)13-21-10-6-5-9-17(21)19-22-11-12-23-19/h2-4,7-8,17,19H,5-6,9-13H2,1H3/t17-/m1/s1. The second-order valence-corrected chi connectivity index (χ2v) is 6.53. The van der Waals surface area contributed by atoms with Gasteiger partial charge < -0.3 is 13.9 Å². The molecular formula is C19H24N2O3. The Bertz CT molecular complexity index is 665. The summed E-state index contributed by atoms with van der Waals surface area (Å²) in [6.45, 7) is 5.25. The smallest absolute Gasteiger partial charge is 0.226 e. The Morgan fingerprint density at radius 3 is 2.71 bits per heavy atom. The molecule has 0 unspecified atom stereocenters. The van der Waals surface area contributed by atoms with E-state index < -0.39 is 0 Å². The minimum absolute atomic E-state index is 0.0916. The van der Waals surface area contributed by atoms with Gasteiger partial charge in [0.25, 0.3) is 0 Å². The van der Waals surface area contributed by atoms with Crippen molar-refractivity contribution in [1.29, 1.82) is 0 Å². The molecule has 5 heteroatoms. The van der Waals surface area contributed by atoms with Crippen molar-refractivity contribution in [3.63, 3.8) is 0 Å². The number of aromatic nitrogens is 1. The van der Waals surface area contributed by atoms with Crippen LogP contribution in [0.3, 0.4) is 0 Å². The summed E-state index contributed by atoms with van der Waals surface area (Å²) in [7, 11) is 0. The first-order chi connectivity index (χ1) is 11.8. The molecule has 2 saturated heterocycles. The molecule has 0 saturated carbocycles. The second kappa shape index (κ2) is 7.05. The first-order valence-electron chi connectivity index (χ1n) is 8.80. The molecule has 2 fully saturated rings. The highest BCUT2D eigenvalue weighted by atomic mass is 16.7. The van der Waals surface area contributed by atoms with E-state index in [9.17, 15) is 0 Å². The van der Waals surface area contributed by atoms with Crippen LogP contribution in [0.1, 0.15) is 30.7 Å². The zero-order valence-electron chi connectivity index (χ0n) is 14.1. The van der Waals surface area contributed by atoms with Crippen molar-refractivity contribution >= 4 is 0 Å². The van der Waals surface area contributed by atoms with Gasteiger partial charge in [0.05, 0.1) is 24.9 Å². The van der Waals surface area contributed by atoms with Crippen LogP contribution in [0.25, 0.3) is 11.5 Å². The van der Waals surface area contributed by atoms with E-state index in [1.165, 1.54) is 12.8 Å². The molecule has 2 aliphatic heterocycles. The van der Waals surface area contributed by atoms with Crippen molar-refractivity contribution in [2.45, 2.75) is 45.1 Å². The number of hydrogen-bond acceptors (Lipinski definition) is 5. The molecule has 5 nitrogen and oxygen atoms in total. The third-order valence-electron chi connectivity index (χ3n) is 4.89. The average Bonchev–Trinajstić information content (AvgIpc) is 3.27. The van der Waals surface area contributed by atoms with Crippen LogP contribution in [0, 0.1) is 6.92 Å². The van der Waals surface area contributed by atoms with Gasteiger partial charge in [-0.05, 0) is 38.4 Å². The number of aryl methyl sites for hydroxylation is 1. The van der Waals surface area contributed by atoms with Gasteiger partial charge in [0.1, 0.15) is 5.76 Å². The summed E-state index contributed by atoms with van der Waals surface area (Å²) < 4.78 is 17.4. The second-order valence-electron chi connectivity index (χ2n) is 6.53. The van der Waals surface area contributed by atoms with Gasteiger partial charge in [0.15, 0.2) is 6.29 Å². The lowest BCUT2D eigenvalue weighted by Gasteiger charge is -2.37. The lowest BCUT2D eigenvalue weighted by molar-refractivity contribution is -0.111. The molecule has 3 heterocycles. The average molecular weight is 328 g/mol. The van der Waals surface area contributed by atoms with Crippen LogP contribution < -0.4 is 0 Å². The highest BCUT2D eigenvalue weighted by Gasteiger charge is 2.34. The van der Waals surface area contributed by atoms with E-state index in [-0.39, 0.29) is 6.29 Å². The van der Waals surface area contributed by atoms with Gasteiger partial charge in [-0.1, -0.05) is 24.6 Å². The number of benzene rings is 1. The Morgan fingerprint density at radius 2 is 1.92 bits per heavy atom. The van der Waals surface area contributed by atoms with Crippen LogP contribution in [0.5, 0.6) is 0 Å². The highest BCUT2D eigenvalue weighted by Crippen LogP contribution is 2.28. The zero-order chi connectivity index (χ0) is 16.4. The quantitative estimate of drug-likeness (QED) is 0.861. The minimum atomic E-state index is -0.0916. The third kappa shape index (κ3) is 3.24. The zero-order valence-corrected chi connectivity index (χ0v) is 14.1. The van der Waals surface area contributed by atoms with Crippen molar-refractivity contribution in [3.05, 3.63) is 41.8 Å². The van der Waals surface area contributed by atoms with E-state index in [4.69, 9.17) is 18.9 Å².